The third-order valence-electron chi connectivity index (χ3n) is 4.20. The zero-order valence-electron chi connectivity index (χ0n) is 15.0. The Labute approximate surface area is 159 Å². The largest absolute Gasteiger partial charge is 0.573 e. The zero-order chi connectivity index (χ0) is 20.4. The average molecular weight is 420 g/mol. The monoisotopic (exact) mass is 420 g/mol. The molecule has 3 rings (SSSR count). The minimum absolute atomic E-state index is 0.0822. The van der Waals surface area contributed by atoms with Crippen molar-refractivity contribution in [1.29, 1.82) is 0 Å². The third kappa shape index (κ3) is 5.00. The van der Waals surface area contributed by atoms with E-state index in [-0.39, 0.29) is 18.0 Å². The van der Waals surface area contributed by atoms with Gasteiger partial charge >= 0.3 is 6.36 Å². The average Bonchev–Trinajstić information content (AvgIpc) is 3.09. The normalized spacial score (nSPS) is 17.0. The van der Waals surface area contributed by atoms with Crippen molar-refractivity contribution in [2.24, 2.45) is 0 Å². The second-order valence-corrected chi connectivity index (χ2v) is 8.10. The summed E-state index contributed by atoms with van der Waals surface area (Å²) < 4.78 is 72.1. The molecule has 0 unspecified atom stereocenters. The van der Waals surface area contributed by atoms with Gasteiger partial charge in [-0.3, -0.25) is 4.90 Å². The van der Waals surface area contributed by atoms with Crippen LogP contribution in [-0.2, 0) is 23.0 Å². The number of ether oxygens (including phenoxy) is 1. The molecule has 1 aromatic carbocycles. The molecule has 154 valence electrons. The number of benzene rings is 1. The van der Waals surface area contributed by atoms with Crippen LogP contribution in [0.2, 0.25) is 0 Å². The van der Waals surface area contributed by atoms with Gasteiger partial charge in [-0.1, -0.05) is 12.1 Å². The van der Waals surface area contributed by atoms with Gasteiger partial charge < -0.3 is 9.26 Å². The van der Waals surface area contributed by atoms with Gasteiger partial charge in [-0.15, -0.1) is 13.2 Å². The number of hydrogen-bond acceptors (Lipinski definition) is 7. The van der Waals surface area contributed by atoms with Crippen LogP contribution < -0.4 is 4.74 Å². The second kappa shape index (κ2) is 8.05. The molecule has 0 atom stereocenters. The highest BCUT2D eigenvalue weighted by molar-refractivity contribution is 7.89. The molecular weight excluding hydrogens is 401 g/mol. The summed E-state index contributed by atoms with van der Waals surface area (Å²) in [5, 5.41) is 3.88. The van der Waals surface area contributed by atoms with Crippen LogP contribution >= 0.6 is 0 Å². The number of nitrogens with zero attached hydrogens (tertiary/aromatic N) is 4. The first-order valence-electron chi connectivity index (χ1n) is 8.57. The summed E-state index contributed by atoms with van der Waals surface area (Å²) in [5.74, 6) is 0.630. The van der Waals surface area contributed by atoms with Gasteiger partial charge in [0.2, 0.25) is 15.9 Å². The van der Waals surface area contributed by atoms with Crippen molar-refractivity contribution in [1.82, 2.24) is 19.3 Å². The second-order valence-electron chi connectivity index (χ2n) is 6.16. The van der Waals surface area contributed by atoms with E-state index in [1.807, 2.05) is 11.8 Å². The summed E-state index contributed by atoms with van der Waals surface area (Å²) in [5.41, 5.74) is 0. The molecule has 1 aliphatic rings. The summed E-state index contributed by atoms with van der Waals surface area (Å²) in [6.07, 6.45) is -4.18. The maximum Gasteiger partial charge on any atom is 0.573 e. The maximum atomic E-state index is 12.7. The Hall–Kier alpha value is -2.18. The standard InChI is InChI=1S/C16H19F3N4O4S/c1-2-15-20-14(21-27-15)11-22-7-9-23(10-8-22)28(24,25)13-5-3-12(4-6-13)26-16(17,18)19/h3-6H,2,7-11H2,1H3. The lowest BCUT2D eigenvalue weighted by molar-refractivity contribution is -0.274. The highest BCUT2D eigenvalue weighted by Crippen LogP contribution is 2.25. The van der Waals surface area contributed by atoms with Crippen LogP contribution in [0, 0.1) is 0 Å². The molecule has 0 radical (unpaired) electrons. The van der Waals surface area contributed by atoms with E-state index in [2.05, 4.69) is 14.9 Å². The number of rotatable bonds is 6. The molecule has 0 spiro atoms. The van der Waals surface area contributed by atoms with E-state index < -0.39 is 22.1 Å². The molecule has 0 amide bonds. The van der Waals surface area contributed by atoms with E-state index in [1.54, 1.807) is 0 Å². The van der Waals surface area contributed by atoms with Crippen molar-refractivity contribution < 1.29 is 30.8 Å². The molecular formula is C16H19F3N4O4S. The van der Waals surface area contributed by atoms with E-state index in [4.69, 9.17) is 4.52 Å². The van der Waals surface area contributed by atoms with Gasteiger partial charge in [-0.05, 0) is 24.3 Å². The van der Waals surface area contributed by atoms with E-state index >= 15 is 0 Å². The molecule has 1 aromatic heterocycles. The van der Waals surface area contributed by atoms with Crippen molar-refractivity contribution in [2.75, 3.05) is 26.2 Å². The zero-order valence-corrected chi connectivity index (χ0v) is 15.8. The summed E-state index contributed by atoms with van der Waals surface area (Å²) in [7, 11) is -3.80. The fourth-order valence-corrected chi connectivity index (χ4v) is 4.21. The molecule has 1 aliphatic heterocycles. The van der Waals surface area contributed by atoms with E-state index in [0.29, 0.717) is 37.8 Å². The fraction of sp³-hybridized carbons (Fsp3) is 0.500. The van der Waals surface area contributed by atoms with E-state index in [9.17, 15) is 21.6 Å². The first-order valence-corrected chi connectivity index (χ1v) is 10.0. The molecule has 0 aliphatic carbocycles. The van der Waals surface area contributed by atoms with Crippen LogP contribution in [-0.4, -0.2) is 60.3 Å². The first-order chi connectivity index (χ1) is 13.2. The number of alkyl halides is 3. The minimum atomic E-state index is -4.83. The number of hydrogen-bond donors (Lipinski definition) is 0. The van der Waals surface area contributed by atoms with Crippen LogP contribution in [0.15, 0.2) is 33.7 Å². The fourth-order valence-electron chi connectivity index (χ4n) is 2.79. The molecule has 0 bridgehead atoms. The quantitative estimate of drug-likeness (QED) is 0.707. The van der Waals surface area contributed by atoms with Crippen LogP contribution in [0.4, 0.5) is 13.2 Å². The molecule has 0 saturated carbocycles. The van der Waals surface area contributed by atoms with Crippen molar-refractivity contribution >= 4 is 10.0 Å². The number of aromatic nitrogens is 2. The Balaban J connectivity index is 1.59. The molecule has 1 saturated heterocycles. The molecule has 2 aromatic rings. The first kappa shape index (κ1) is 20.6. The number of halogens is 3. The van der Waals surface area contributed by atoms with Gasteiger partial charge in [0.15, 0.2) is 5.82 Å². The van der Waals surface area contributed by atoms with Gasteiger partial charge in [-0.2, -0.15) is 9.29 Å². The SMILES string of the molecule is CCc1nc(CN2CCN(S(=O)(=O)c3ccc(OC(F)(F)F)cc3)CC2)no1. The lowest BCUT2D eigenvalue weighted by atomic mass is 10.3. The Morgan fingerprint density at radius 1 is 1.14 bits per heavy atom. The maximum absolute atomic E-state index is 12.7. The van der Waals surface area contributed by atoms with Crippen LogP contribution in [0.1, 0.15) is 18.6 Å². The Kier molecular flexibility index (Phi) is 5.91. The van der Waals surface area contributed by atoms with Gasteiger partial charge in [0, 0.05) is 32.6 Å². The van der Waals surface area contributed by atoms with Crippen molar-refractivity contribution in [3.8, 4) is 5.75 Å². The molecule has 12 heteroatoms. The summed E-state index contributed by atoms with van der Waals surface area (Å²) in [4.78, 5) is 6.16. The van der Waals surface area contributed by atoms with Gasteiger partial charge in [0.1, 0.15) is 5.75 Å². The van der Waals surface area contributed by atoms with Crippen LogP contribution in [0.3, 0.4) is 0 Å². The Morgan fingerprint density at radius 2 is 1.79 bits per heavy atom. The molecule has 8 nitrogen and oxygen atoms in total. The lowest BCUT2D eigenvalue weighted by Crippen LogP contribution is -2.48. The minimum Gasteiger partial charge on any atom is -0.406 e. The number of piperazine rings is 1. The number of aryl methyl sites for hydroxylation is 1. The summed E-state index contributed by atoms with van der Waals surface area (Å²) in [6.45, 7) is 3.82. The third-order valence-corrected chi connectivity index (χ3v) is 6.12. The predicted molar refractivity (Wildman–Crippen MR) is 90.8 cm³/mol. The van der Waals surface area contributed by atoms with Crippen LogP contribution in [0.25, 0.3) is 0 Å². The summed E-state index contributed by atoms with van der Waals surface area (Å²) in [6, 6.07) is 4.18. The van der Waals surface area contributed by atoms with Crippen molar-refractivity contribution in [3.05, 3.63) is 36.0 Å². The van der Waals surface area contributed by atoms with Crippen molar-refractivity contribution in [2.45, 2.75) is 31.1 Å². The molecule has 2 heterocycles. The van der Waals surface area contributed by atoms with Crippen molar-refractivity contribution in [3.63, 3.8) is 0 Å². The Bertz CT molecular complexity index is 891. The van der Waals surface area contributed by atoms with Crippen LogP contribution in [0.5, 0.6) is 5.75 Å². The highest BCUT2D eigenvalue weighted by atomic mass is 32.2. The Morgan fingerprint density at radius 3 is 2.32 bits per heavy atom. The van der Waals surface area contributed by atoms with Gasteiger partial charge in [0.25, 0.3) is 0 Å². The van der Waals surface area contributed by atoms with E-state index in [0.717, 1.165) is 24.3 Å². The highest BCUT2D eigenvalue weighted by Gasteiger charge is 2.32. The molecule has 0 N–H and O–H groups in total. The predicted octanol–water partition coefficient (Wildman–Crippen LogP) is 2.04. The molecule has 28 heavy (non-hydrogen) atoms. The summed E-state index contributed by atoms with van der Waals surface area (Å²) >= 11 is 0. The number of sulfonamides is 1. The molecule has 1 fully saturated rings. The lowest BCUT2D eigenvalue weighted by Gasteiger charge is -2.33. The topological polar surface area (TPSA) is 88.8 Å². The van der Waals surface area contributed by atoms with E-state index in [1.165, 1.54) is 4.31 Å². The smallest absolute Gasteiger partial charge is 0.406 e. The van der Waals surface area contributed by atoms with Gasteiger partial charge in [0.05, 0.1) is 11.4 Å². The van der Waals surface area contributed by atoms with Gasteiger partial charge in [-0.25, -0.2) is 8.42 Å².